The number of sulfonamides is 1. The summed E-state index contributed by atoms with van der Waals surface area (Å²) in [4.78, 5) is 0.0523. The predicted molar refractivity (Wildman–Crippen MR) is 155 cm³/mol. The van der Waals surface area contributed by atoms with E-state index >= 15 is 0 Å². The minimum atomic E-state index is -4.13. The van der Waals surface area contributed by atoms with E-state index in [0.29, 0.717) is 18.0 Å². The molecule has 38 heavy (non-hydrogen) atoms. The first kappa shape index (κ1) is 24.8. The van der Waals surface area contributed by atoms with Gasteiger partial charge in [0.1, 0.15) is 0 Å². The van der Waals surface area contributed by atoms with Crippen LogP contribution in [0.5, 0.6) is 0 Å². The monoisotopic (exact) mass is 609 g/mol. The Bertz CT molecular complexity index is 1700. The van der Waals surface area contributed by atoms with Gasteiger partial charge in [0.15, 0.2) is 0 Å². The SMILES string of the molecule is [H]/N=C(\[SeH])N/C(=N/S(=O)(=O)c1ccc2ccccc2c1)N1CCC(c2ccccc2)C(c2ccc(Cl)cc2)=N1. The van der Waals surface area contributed by atoms with Crippen LogP contribution in [0.1, 0.15) is 23.5 Å². The van der Waals surface area contributed by atoms with Crippen LogP contribution in [0.15, 0.2) is 111 Å². The van der Waals surface area contributed by atoms with Crippen LogP contribution in [0.25, 0.3) is 10.8 Å². The van der Waals surface area contributed by atoms with E-state index in [1.54, 1.807) is 24.3 Å². The molecule has 10 heteroatoms. The number of fused-ring (bicyclic) bond motifs is 1. The van der Waals surface area contributed by atoms with E-state index in [9.17, 15) is 8.42 Å². The minimum absolute atomic E-state index is 0.0244. The third kappa shape index (κ3) is 5.81. The van der Waals surface area contributed by atoms with Gasteiger partial charge < -0.3 is 0 Å². The molecule has 7 nitrogen and oxygen atoms in total. The van der Waals surface area contributed by atoms with Crippen molar-refractivity contribution < 1.29 is 9.83 Å². The van der Waals surface area contributed by atoms with Crippen molar-refractivity contribution in [1.29, 1.82) is 5.40 Å². The molecular weight excluding hydrogens is 585 g/mol. The van der Waals surface area contributed by atoms with Crippen LogP contribution >= 0.6 is 11.6 Å². The van der Waals surface area contributed by atoms with E-state index in [1.807, 2.05) is 54.6 Å². The molecule has 1 heterocycles. The van der Waals surface area contributed by atoms with Crippen LogP contribution in [0, 0.1) is 5.40 Å². The second kappa shape index (κ2) is 11.1. The second-order valence-corrected chi connectivity index (χ2v) is 11.6. The summed E-state index contributed by atoms with van der Waals surface area (Å²) in [7, 11) is -4.13. The van der Waals surface area contributed by atoms with Crippen LogP contribution < -0.4 is 5.32 Å². The number of hydrazone groups is 1. The molecule has 2 N–H and O–H groups in total. The summed E-state index contributed by atoms with van der Waals surface area (Å²) in [5.41, 5.74) is 2.70. The number of guanidine groups is 1. The van der Waals surface area contributed by atoms with Crippen molar-refractivity contribution in [2.24, 2.45) is 9.50 Å². The van der Waals surface area contributed by atoms with Crippen molar-refractivity contribution in [3.63, 3.8) is 0 Å². The van der Waals surface area contributed by atoms with Gasteiger partial charge in [0.05, 0.1) is 0 Å². The number of nitrogens with one attached hydrogen (secondary N) is 2. The zero-order valence-electron chi connectivity index (χ0n) is 21.1. The van der Waals surface area contributed by atoms with Gasteiger partial charge in [-0.05, 0) is 0 Å². The van der Waals surface area contributed by atoms with Gasteiger partial charge in [-0.15, -0.1) is 0 Å². The van der Waals surface area contributed by atoms with E-state index in [2.05, 4.69) is 43.3 Å². The fourth-order valence-corrected chi connectivity index (χ4v) is 5.73. The van der Waals surface area contributed by atoms with E-state index in [-0.39, 0.29) is 21.5 Å². The fourth-order valence-electron chi connectivity index (χ4n) is 4.41. The summed E-state index contributed by atoms with van der Waals surface area (Å²) >= 11 is 8.23. The predicted octanol–water partition coefficient (Wildman–Crippen LogP) is 4.86. The molecule has 1 aliphatic heterocycles. The van der Waals surface area contributed by atoms with Crippen molar-refractivity contribution in [3.8, 4) is 0 Å². The number of amidine groups is 1. The number of hydrogen-bond acceptors (Lipinski definition) is 4. The van der Waals surface area contributed by atoms with Crippen molar-refractivity contribution in [3.05, 3.63) is 113 Å². The third-order valence-corrected chi connectivity index (χ3v) is 7.97. The average molecular weight is 609 g/mol. The Labute approximate surface area is 236 Å². The molecule has 0 saturated heterocycles. The zero-order chi connectivity index (χ0) is 27.4. The molecule has 0 fully saturated rings. The van der Waals surface area contributed by atoms with Crippen molar-refractivity contribution >= 4 is 64.8 Å². The van der Waals surface area contributed by atoms with Crippen LogP contribution in [-0.4, -0.2) is 52.4 Å². The number of rotatable bonds is 4. The molecule has 0 spiro atoms. The van der Waals surface area contributed by atoms with Gasteiger partial charge in [-0.3, -0.25) is 0 Å². The summed E-state index contributed by atoms with van der Waals surface area (Å²) < 4.78 is 38.6. The first-order valence-electron chi connectivity index (χ1n) is 12.3. The summed E-state index contributed by atoms with van der Waals surface area (Å²) in [5, 5.41) is 14.9. The van der Waals surface area contributed by atoms with E-state index in [4.69, 9.17) is 18.1 Å². The standard InChI is InChI=1S/C28H24ClN5O2SSe/c29-23-13-10-21(11-14-23)26-25(20-7-2-1-3-8-20)16-17-34(32-26)28(31-27(30)38)33-37(35,36)24-15-12-19-6-4-5-9-22(19)18-24/h1-15,18,25H,16-17H2,(H3,30,31,33,38). The van der Waals surface area contributed by atoms with Crippen LogP contribution in [0.3, 0.4) is 0 Å². The number of halogens is 1. The Morgan fingerprint density at radius 3 is 2.47 bits per heavy atom. The van der Waals surface area contributed by atoms with Crippen LogP contribution in [0.4, 0.5) is 0 Å². The summed E-state index contributed by atoms with van der Waals surface area (Å²) in [6, 6.07) is 29.8. The number of hydrogen-bond donors (Lipinski definition) is 2. The second-order valence-electron chi connectivity index (χ2n) is 8.71. The molecule has 1 aliphatic rings. The molecule has 0 aromatic heterocycles. The van der Waals surface area contributed by atoms with Gasteiger partial charge in [-0.1, -0.05) is 0 Å². The van der Waals surface area contributed by atoms with E-state index in [0.717, 1.165) is 27.6 Å². The molecular formula is C28H24ClN5O2SSe. The average Bonchev–Trinajstić information content (AvgIpc) is 2.97. The Balaban J connectivity index is 1.60. The van der Waals surface area contributed by atoms with Crippen LogP contribution in [0.2, 0.25) is 6.43 Å². The molecule has 0 aliphatic carbocycles. The van der Waals surface area contributed by atoms with Gasteiger partial charge in [0.25, 0.3) is 0 Å². The first-order valence-corrected chi connectivity index (χ1v) is 14.6. The van der Waals surface area contributed by atoms with Gasteiger partial charge in [-0.25, -0.2) is 0 Å². The van der Waals surface area contributed by atoms with Crippen molar-refractivity contribution in [1.82, 2.24) is 10.3 Å². The van der Waals surface area contributed by atoms with Crippen molar-refractivity contribution in [2.75, 3.05) is 6.54 Å². The topological polar surface area (TPSA) is 98.0 Å². The molecule has 0 bridgehead atoms. The summed E-state index contributed by atoms with van der Waals surface area (Å²) in [6.07, 6.45) is 0.647. The molecule has 5 rings (SSSR count). The van der Waals surface area contributed by atoms with Crippen molar-refractivity contribution in [2.45, 2.75) is 17.2 Å². The maximum atomic E-state index is 13.5. The molecule has 4 aromatic rings. The normalized spacial score (nSPS) is 17.2. The molecule has 0 amide bonds. The number of benzene rings is 4. The Kier molecular flexibility index (Phi) is 7.24. The summed E-state index contributed by atoms with van der Waals surface area (Å²) in [6.45, 7) is 0.383. The maximum absolute atomic E-state index is 13.5. The van der Waals surface area contributed by atoms with Gasteiger partial charge in [0.2, 0.25) is 0 Å². The molecule has 1 unspecified atom stereocenters. The Morgan fingerprint density at radius 1 is 1.03 bits per heavy atom. The van der Waals surface area contributed by atoms with Gasteiger partial charge >= 0.3 is 237 Å². The third-order valence-electron chi connectivity index (χ3n) is 6.22. The van der Waals surface area contributed by atoms with E-state index in [1.165, 1.54) is 11.1 Å². The fraction of sp³-hybridized carbons (Fsp3) is 0.107. The molecule has 1 atom stereocenters. The molecule has 0 radical (unpaired) electrons. The Hall–Kier alpha value is -3.49. The summed E-state index contributed by atoms with van der Waals surface area (Å²) in [5.74, 6) is -0.0727. The van der Waals surface area contributed by atoms with Gasteiger partial charge in [0, 0.05) is 0 Å². The van der Waals surface area contributed by atoms with Crippen LogP contribution in [-0.2, 0) is 10.0 Å². The molecule has 192 valence electrons. The molecule has 4 aromatic carbocycles. The zero-order valence-corrected chi connectivity index (χ0v) is 23.5. The van der Waals surface area contributed by atoms with E-state index < -0.39 is 10.0 Å². The number of nitrogens with zero attached hydrogens (tertiary/aromatic N) is 3. The van der Waals surface area contributed by atoms with Gasteiger partial charge in [-0.2, -0.15) is 0 Å². The Morgan fingerprint density at radius 2 is 1.74 bits per heavy atom. The molecule has 0 saturated carbocycles. The quantitative estimate of drug-likeness (QED) is 0.197. The first-order chi connectivity index (χ1) is 18.8.